The van der Waals surface area contributed by atoms with Gasteiger partial charge >= 0.3 is 0 Å². The van der Waals surface area contributed by atoms with Crippen LogP contribution >= 0.6 is 47.1 Å². The molecule has 9 heteroatoms. The Morgan fingerprint density at radius 2 is 2.09 bits per heavy atom. The molecule has 0 bridgehead atoms. The molecule has 23 heavy (non-hydrogen) atoms. The molecule has 4 N–H and O–H groups in total. The summed E-state index contributed by atoms with van der Waals surface area (Å²) < 4.78 is 0. The van der Waals surface area contributed by atoms with Gasteiger partial charge in [-0.1, -0.05) is 35.5 Å². The third kappa shape index (κ3) is 3.87. The van der Waals surface area contributed by atoms with Gasteiger partial charge in [0.2, 0.25) is 0 Å². The van der Waals surface area contributed by atoms with E-state index in [1.165, 1.54) is 11.3 Å². The Morgan fingerprint density at radius 1 is 1.39 bits per heavy atom. The van der Waals surface area contributed by atoms with Crippen molar-refractivity contribution < 1.29 is 0 Å². The van der Waals surface area contributed by atoms with E-state index in [0.717, 1.165) is 22.9 Å². The minimum atomic E-state index is -0.185. The van der Waals surface area contributed by atoms with Gasteiger partial charge in [-0.15, -0.1) is 23.7 Å². The van der Waals surface area contributed by atoms with Crippen molar-refractivity contribution in [3.8, 4) is 11.1 Å². The summed E-state index contributed by atoms with van der Waals surface area (Å²) >= 11 is 8.44. The Labute approximate surface area is 151 Å². The van der Waals surface area contributed by atoms with Crippen LogP contribution in [0.2, 0.25) is 5.02 Å². The Kier molecular flexibility index (Phi) is 5.69. The fraction of sp³-hybridized carbons (Fsp3) is 0.0714. The molecule has 0 aliphatic rings. The van der Waals surface area contributed by atoms with Crippen LogP contribution < -0.4 is 11.3 Å². The zero-order valence-electron chi connectivity index (χ0n) is 11.6. The molecule has 0 aliphatic carbocycles. The van der Waals surface area contributed by atoms with Crippen molar-refractivity contribution in [3.63, 3.8) is 0 Å². The average Bonchev–Trinajstić information content (AvgIpc) is 2.90. The molecule has 1 aromatic carbocycles. The number of H-pyrrole nitrogens is 1. The number of aromatic nitrogens is 2. The molecule has 2 aromatic heterocycles. The van der Waals surface area contributed by atoms with Crippen molar-refractivity contribution in [1.29, 1.82) is 5.41 Å². The van der Waals surface area contributed by atoms with E-state index in [1.54, 1.807) is 12.1 Å². The second kappa shape index (κ2) is 7.35. The predicted molar refractivity (Wildman–Crippen MR) is 101 cm³/mol. The molecular formula is C14H12Cl2N4OS2. The molecule has 0 amide bonds. The number of benzene rings is 1. The van der Waals surface area contributed by atoms with E-state index in [1.807, 2.05) is 17.5 Å². The molecule has 0 saturated heterocycles. The summed E-state index contributed by atoms with van der Waals surface area (Å²) in [6, 6.07) is 7.34. The van der Waals surface area contributed by atoms with Gasteiger partial charge < -0.3 is 10.7 Å². The van der Waals surface area contributed by atoms with E-state index >= 15 is 0 Å². The van der Waals surface area contributed by atoms with Gasteiger partial charge in [-0.25, -0.2) is 4.98 Å². The van der Waals surface area contributed by atoms with Gasteiger partial charge in [0.05, 0.1) is 11.1 Å². The standard InChI is InChI=1S/C14H11ClN4OS2.ClH/c15-8-3-1-7(2-4-8)9-5-21-13-11(9)12(20)18-10(19-13)6-22-14(16)17;/h1-5H,6H2,(H3,16,17)(H,18,19,20);1H. The summed E-state index contributed by atoms with van der Waals surface area (Å²) in [6.45, 7) is 0. The largest absolute Gasteiger partial charge is 0.379 e. The zero-order chi connectivity index (χ0) is 15.7. The lowest BCUT2D eigenvalue weighted by Crippen LogP contribution is -2.12. The summed E-state index contributed by atoms with van der Waals surface area (Å²) in [7, 11) is 0. The molecule has 3 aromatic rings. The van der Waals surface area contributed by atoms with Crippen molar-refractivity contribution in [3.05, 3.63) is 50.8 Å². The van der Waals surface area contributed by atoms with Crippen molar-refractivity contribution in [2.45, 2.75) is 5.75 Å². The lowest BCUT2D eigenvalue weighted by molar-refractivity contribution is 1.05. The number of nitrogens with one attached hydrogen (secondary N) is 2. The van der Waals surface area contributed by atoms with Crippen LogP contribution in [0, 0.1) is 5.41 Å². The van der Waals surface area contributed by atoms with Crippen LogP contribution in [0.3, 0.4) is 0 Å². The normalized spacial score (nSPS) is 10.5. The van der Waals surface area contributed by atoms with Crippen LogP contribution in [0.25, 0.3) is 21.3 Å². The number of rotatable bonds is 3. The van der Waals surface area contributed by atoms with Gasteiger partial charge in [0.1, 0.15) is 10.7 Å². The highest BCUT2D eigenvalue weighted by Crippen LogP contribution is 2.31. The molecule has 0 fully saturated rings. The number of nitrogens with two attached hydrogens (primary N) is 1. The van der Waals surface area contributed by atoms with Crippen molar-refractivity contribution >= 4 is 62.5 Å². The van der Waals surface area contributed by atoms with Gasteiger partial charge in [0.15, 0.2) is 5.17 Å². The van der Waals surface area contributed by atoms with Crippen LogP contribution in [0.1, 0.15) is 5.82 Å². The maximum Gasteiger partial charge on any atom is 0.260 e. The monoisotopic (exact) mass is 386 g/mol. The Bertz CT molecular complexity index is 905. The minimum absolute atomic E-state index is 0. The molecule has 0 aliphatic heterocycles. The third-order valence-corrected chi connectivity index (χ3v) is 4.87. The molecule has 3 rings (SSSR count). The molecule has 0 atom stereocenters. The number of aromatic amines is 1. The molecule has 0 unspecified atom stereocenters. The summed E-state index contributed by atoms with van der Waals surface area (Å²) in [5.74, 6) is 0.886. The van der Waals surface area contributed by atoms with Gasteiger partial charge in [0, 0.05) is 16.0 Å². The second-order valence-corrected chi connectivity index (χ2v) is 6.81. The van der Waals surface area contributed by atoms with Crippen LogP contribution in [-0.2, 0) is 5.75 Å². The SMILES string of the molecule is Cl.N=C(N)SCc1nc2scc(-c3ccc(Cl)cc3)c2c(=O)[nH]1. The van der Waals surface area contributed by atoms with Gasteiger partial charge in [-0.3, -0.25) is 10.2 Å². The van der Waals surface area contributed by atoms with E-state index < -0.39 is 0 Å². The Balaban J connectivity index is 0.00000192. The first kappa shape index (κ1) is 17.8. The Hall–Kier alpha value is -1.54. The first-order chi connectivity index (χ1) is 10.5. The van der Waals surface area contributed by atoms with Gasteiger partial charge in [0.25, 0.3) is 5.56 Å². The lowest BCUT2D eigenvalue weighted by Gasteiger charge is -2.02. The zero-order valence-corrected chi connectivity index (χ0v) is 14.8. The van der Waals surface area contributed by atoms with E-state index in [-0.39, 0.29) is 23.1 Å². The van der Waals surface area contributed by atoms with E-state index in [4.69, 9.17) is 22.7 Å². The molecule has 0 spiro atoms. The number of thioether (sulfide) groups is 1. The van der Waals surface area contributed by atoms with Crippen molar-refractivity contribution in [2.75, 3.05) is 0 Å². The van der Waals surface area contributed by atoms with Crippen molar-refractivity contribution in [2.24, 2.45) is 5.73 Å². The number of halogens is 2. The highest BCUT2D eigenvalue weighted by atomic mass is 35.5. The van der Waals surface area contributed by atoms with E-state index in [2.05, 4.69) is 9.97 Å². The fourth-order valence-electron chi connectivity index (χ4n) is 2.05. The summed E-state index contributed by atoms with van der Waals surface area (Å²) in [4.78, 5) is 20.2. The van der Waals surface area contributed by atoms with Gasteiger partial charge in [-0.05, 0) is 17.7 Å². The molecule has 5 nitrogen and oxygen atoms in total. The number of hydrogen-bond donors (Lipinski definition) is 3. The summed E-state index contributed by atoms with van der Waals surface area (Å²) in [6.07, 6.45) is 0. The van der Waals surface area contributed by atoms with Crippen LogP contribution in [0.15, 0.2) is 34.4 Å². The number of nitrogens with zero attached hydrogens (tertiary/aromatic N) is 1. The van der Waals surface area contributed by atoms with Gasteiger partial charge in [-0.2, -0.15) is 0 Å². The third-order valence-electron chi connectivity index (χ3n) is 3.01. The molecule has 120 valence electrons. The smallest absolute Gasteiger partial charge is 0.260 e. The minimum Gasteiger partial charge on any atom is -0.379 e. The quantitative estimate of drug-likeness (QED) is 0.470. The molecule has 0 radical (unpaired) electrons. The Morgan fingerprint density at radius 3 is 2.74 bits per heavy atom. The number of amidine groups is 1. The highest BCUT2D eigenvalue weighted by Gasteiger charge is 2.13. The fourth-order valence-corrected chi connectivity index (χ4v) is 3.57. The van der Waals surface area contributed by atoms with Crippen LogP contribution in [-0.4, -0.2) is 15.1 Å². The number of thiophene rings is 1. The summed E-state index contributed by atoms with van der Waals surface area (Å²) in [5.41, 5.74) is 6.89. The first-order valence-corrected chi connectivity index (χ1v) is 8.52. The van der Waals surface area contributed by atoms with Crippen LogP contribution in [0.5, 0.6) is 0 Å². The topological polar surface area (TPSA) is 95.6 Å². The lowest BCUT2D eigenvalue weighted by atomic mass is 10.1. The van der Waals surface area contributed by atoms with Crippen LogP contribution in [0.4, 0.5) is 0 Å². The second-order valence-electron chi connectivity index (χ2n) is 4.50. The maximum absolute atomic E-state index is 12.4. The molecular weight excluding hydrogens is 375 g/mol. The van der Waals surface area contributed by atoms with Crippen molar-refractivity contribution in [1.82, 2.24) is 9.97 Å². The number of fused-ring (bicyclic) bond motifs is 1. The predicted octanol–water partition coefficient (Wildman–Crippen LogP) is 3.85. The molecule has 0 saturated carbocycles. The average molecular weight is 387 g/mol. The first-order valence-electron chi connectivity index (χ1n) is 6.28. The van der Waals surface area contributed by atoms with E-state index in [9.17, 15) is 4.79 Å². The van der Waals surface area contributed by atoms with E-state index in [0.29, 0.717) is 26.8 Å². The highest BCUT2D eigenvalue weighted by molar-refractivity contribution is 8.13. The maximum atomic E-state index is 12.4. The number of hydrogen-bond acceptors (Lipinski definition) is 5. The molecule has 2 heterocycles. The summed E-state index contributed by atoms with van der Waals surface area (Å²) in [5, 5.41) is 10.3.